The van der Waals surface area contributed by atoms with Gasteiger partial charge in [-0.1, -0.05) is 11.6 Å². The highest BCUT2D eigenvalue weighted by Crippen LogP contribution is 2.32. The number of carboxylic acid groups (broad SMARTS) is 1. The largest absolute Gasteiger partial charge is 0.481 e. The normalized spacial score (nSPS) is 15.0. The molecule has 0 spiro atoms. The summed E-state index contributed by atoms with van der Waals surface area (Å²) in [7, 11) is 0. The number of halogens is 1. The zero-order valence-corrected chi connectivity index (χ0v) is 16.7. The number of nitrogens with two attached hydrogens (primary N) is 1. The predicted molar refractivity (Wildman–Crippen MR) is 112 cm³/mol. The number of carbonyl (C=O) groups is 2. The molecule has 3 N–H and O–H groups in total. The van der Waals surface area contributed by atoms with E-state index in [-0.39, 0.29) is 5.92 Å². The van der Waals surface area contributed by atoms with Crippen molar-refractivity contribution in [1.29, 1.82) is 0 Å². The molecule has 29 heavy (non-hydrogen) atoms. The summed E-state index contributed by atoms with van der Waals surface area (Å²) in [5, 5.41) is 9.92. The maximum atomic E-state index is 11.4. The number of primary amides is 1. The number of anilines is 1. The summed E-state index contributed by atoms with van der Waals surface area (Å²) in [6.45, 7) is 3.14. The van der Waals surface area contributed by atoms with Crippen molar-refractivity contribution >= 4 is 40.5 Å². The Balaban J connectivity index is 1.82. The molecule has 7 nitrogen and oxygen atoms in total. The lowest BCUT2D eigenvalue weighted by Crippen LogP contribution is -2.37. The molecule has 2 aromatic carbocycles. The predicted octanol–water partition coefficient (Wildman–Crippen LogP) is 3.39. The summed E-state index contributed by atoms with van der Waals surface area (Å²) in [6, 6.07) is 10.9. The van der Waals surface area contributed by atoms with Gasteiger partial charge in [-0.2, -0.15) is 0 Å². The van der Waals surface area contributed by atoms with Gasteiger partial charge in [-0.25, -0.2) is 4.98 Å². The van der Waals surface area contributed by atoms with Gasteiger partial charge in [0.05, 0.1) is 17.0 Å². The fourth-order valence-electron chi connectivity index (χ4n) is 3.76. The SMILES string of the molecule is Cc1cc2c(cc1Cl)nc(N1CCC(C(=O)O)CC1)n2-c1ccc(C(N)=O)cc1. The number of carbonyl (C=O) groups excluding carboxylic acids is 1. The van der Waals surface area contributed by atoms with E-state index in [0.717, 1.165) is 28.2 Å². The Morgan fingerprint density at radius 2 is 1.83 bits per heavy atom. The Morgan fingerprint density at radius 3 is 2.41 bits per heavy atom. The van der Waals surface area contributed by atoms with Crippen molar-refractivity contribution in [3.8, 4) is 5.69 Å². The van der Waals surface area contributed by atoms with Crippen molar-refractivity contribution in [2.45, 2.75) is 19.8 Å². The molecule has 0 bridgehead atoms. The molecule has 8 heteroatoms. The number of amides is 1. The van der Waals surface area contributed by atoms with Crippen molar-refractivity contribution in [1.82, 2.24) is 9.55 Å². The zero-order valence-electron chi connectivity index (χ0n) is 15.9. The van der Waals surface area contributed by atoms with E-state index in [2.05, 4.69) is 4.90 Å². The Kier molecular flexibility index (Phi) is 4.92. The number of hydrogen-bond donors (Lipinski definition) is 2. The van der Waals surface area contributed by atoms with Crippen LogP contribution in [0.15, 0.2) is 36.4 Å². The van der Waals surface area contributed by atoms with E-state index in [4.69, 9.17) is 22.3 Å². The monoisotopic (exact) mass is 412 g/mol. The smallest absolute Gasteiger partial charge is 0.306 e. The number of hydrogen-bond acceptors (Lipinski definition) is 4. The number of piperidine rings is 1. The average Bonchev–Trinajstić information content (AvgIpc) is 3.06. The minimum atomic E-state index is -0.748. The number of aromatic nitrogens is 2. The zero-order chi connectivity index (χ0) is 20.7. The van der Waals surface area contributed by atoms with Crippen molar-refractivity contribution in [2.75, 3.05) is 18.0 Å². The van der Waals surface area contributed by atoms with Crippen LogP contribution in [0.25, 0.3) is 16.7 Å². The van der Waals surface area contributed by atoms with Crippen molar-refractivity contribution in [3.63, 3.8) is 0 Å². The number of nitrogens with zero attached hydrogens (tertiary/aromatic N) is 3. The lowest BCUT2D eigenvalue weighted by molar-refractivity contribution is -0.142. The van der Waals surface area contributed by atoms with E-state index in [9.17, 15) is 14.7 Å². The molecule has 0 saturated carbocycles. The second kappa shape index (κ2) is 7.40. The van der Waals surface area contributed by atoms with Crippen LogP contribution in [0.5, 0.6) is 0 Å². The van der Waals surface area contributed by atoms with Gasteiger partial charge in [0, 0.05) is 29.4 Å². The van der Waals surface area contributed by atoms with Crippen LogP contribution < -0.4 is 10.6 Å². The van der Waals surface area contributed by atoms with Crippen LogP contribution in [0.4, 0.5) is 5.95 Å². The Hall–Kier alpha value is -3.06. The second-order valence-electron chi connectivity index (χ2n) is 7.35. The van der Waals surface area contributed by atoms with E-state index in [0.29, 0.717) is 36.5 Å². The fourth-order valence-corrected chi connectivity index (χ4v) is 3.92. The van der Waals surface area contributed by atoms with Crippen LogP contribution in [-0.4, -0.2) is 39.6 Å². The highest BCUT2D eigenvalue weighted by atomic mass is 35.5. The minimum absolute atomic E-state index is 0.324. The fraction of sp³-hybridized carbons (Fsp3) is 0.286. The summed E-state index contributed by atoms with van der Waals surface area (Å²) >= 11 is 6.31. The highest BCUT2D eigenvalue weighted by molar-refractivity contribution is 6.32. The summed E-state index contributed by atoms with van der Waals surface area (Å²) in [6.07, 6.45) is 1.14. The van der Waals surface area contributed by atoms with Gasteiger partial charge in [0.2, 0.25) is 11.9 Å². The molecule has 4 rings (SSSR count). The molecule has 0 aliphatic carbocycles. The molecule has 0 unspecified atom stereocenters. The maximum absolute atomic E-state index is 11.4. The number of fused-ring (bicyclic) bond motifs is 1. The number of aliphatic carboxylic acids is 1. The minimum Gasteiger partial charge on any atom is -0.481 e. The van der Waals surface area contributed by atoms with Crippen LogP contribution in [-0.2, 0) is 4.79 Å². The van der Waals surface area contributed by atoms with E-state index in [1.807, 2.05) is 35.8 Å². The van der Waals surface area contributed by atoms with Crippen LogP contribution in [0.3, 0.4) is 0 Å². The maximum Gasteiger partial charge on any atom is 0.306 e. The summed E-state index contributed by atoms with van der Waals surface area (Å²) in [5.41, 5.74) is 9.23. The van der Waals surface area contributed by atoms with E-state index < -0.39 is 11.9 Å². The summed E-state index contributed by atoms with van der Waals surface area (Å²) < 4.78 is 2.02. The number of rotatable bonds is 4. The first-order chi connectivity index (χ1) is 13.8. The quantitative estimate of drug-likeness (QED) is 0.683. The molecule has 0 atom stereocenters. The van der Waals surface area contributed by atoms with Gasteiger partial charge in [0.15, 0.2) is 0 Å². The van der Waals surface area contributed by atoms with Gasteiger partial charge in [-0.05, 0) is 61.7 Å². The topological polar surface area (TPSA) is 101 Å². The van der Waals surface area contributed by atoms with E-state index in [1.165, 1.54) is 0 Å². The Labute approximate surface area is 172 Å². The molecule has 2 heterocycles. The first-order valence-corrected chi connectivity index (χ1v) is 9.79. The molecule has 1 aliphatic heterocycles. The van der Waals surface area contributed by atoms with Crippen LogP contribution in [0.1, 0.15) is 28.8 Å². The van der Waals surface area contributed by atoms with Gasteiger partial charge in [0.25, 0.3) is 0 Å². The number of carboxylic acids is 1. The Morgan fingerprint density at radius 1 is 1.17 bits per heavy atom. The molecule has 1 aromatic heterocycles. The second-order valence-corrected chi connectivity index (χ2v) is 7.76. The van der Waals surface area contributed by atoms with Crippen LogP contribution in [0.2, 0.25) is 5.02 Å². The first kappa shape index (κ1) is 19.3. The molecule has 1 amide bonds. The van der Waals surface area contributed by atoms with Crippen molar-refractivity contribution in [3.05, 3.63) is 52.5 Å². The third-order valence-electron chi connectivity index (χ3n) is 5.45. The highest BCUT2D eigenvalue weighted by Gasteiger charge is 2.28. The molecule has 0 radical (unpaired) electrons. The molecule has 1 saturated heterocycles. The van der Waals surface area contributed by atoms with Crippen molar-refractivity contribution < 1.29 is 14.7 Å². The van der Waals surface area contributed by atoms with E-state index >= 15 is 0 Å². The number of benzene rings is 2. The van der Waals surface area contributed by atoms with Gasteiger partial charge < -0.3 is 15.7 Å². The third-order valence-corrected chi connectivity index (χ3v) is 5.86. The lowest BCUT2D eigenvalue weighted by Gasteiger charge is -2.31. The van der Waals surface area contributed by atoms with Gasteiger partial charge in [0.1, 0.15) is 0 Å². The molecule has 3 aromatic rings. The molecule has 1 aliphatic rings. The Bertz CT molecular complexity index is 1100. The first-order valence-electron chi connectivity index (χ1n) is 9.41. The number of aryl methyl sites for hydroxylation is 1. The van der Waals surface area contributed by atoms with Crippen molar-refractivity contribution in [2.24, 2.45) is 11.7 Å². The van der Waals surface area contributed by atoms with Gasteiger partial charge in [-0.15, -0.1) is 0 Å². The molecular weight excluding hydrogens is 392 g/mol. The molecular formula is C21H21ClN4O3. The number of imidazole rings is 1. The molecule has 1 fully saturated rings. The third kappa shape index (κ3) is 3.53. The summed E-state index contributed by atoms with van der Waals surface area (Å²) in [4.78, 5) is 29.6. The van der Waals surface area contributed by atoms with Gasteiger partial charge in [-0.3, -0.25) is 14.2 Å². The van der Waals surface area contributed by atoms with Crippen LogP contribution >= 0.6 is 11.6 Å². The average molecular weight is 413 g/mol. The van der Waals surface area contributed by atoms with Crippen LogP contribution in [0, 0.1) is 12.8 Å². The molecule has 150 valence electrons. The van der Waals surface area contributed by atoms with E-state index in [1.54, 1.807) is 12.1 Å². The lowest BCUT2D eigenvalue weighted by atomic mass is 9.97. The van der Waals surface area contributed by atoms with Gasteiger partial charge >= 0.3 is 5.97 Å². The standard InChI is InChI=1S/C21H21ClN4O3/c1-12-10-18-17(11-16(12)22)24-21(25-8-6-14(7-9-25)20(28)29)26(18)15-4-2-13(3-5-15)19(23)27/h2-5,10-11,14H,6-9H2,1H3,(H2,23,27)(H,28,29). The summed E-state index contributed by atoms with van der Waals surface area (Å²) in [5.74, 6) is -0.818.